The zero-order valence-corrected chi connectivity index (χ0v) is 11.3. The van der Waals surface area contributed by atoms with Crippen molar-refractivity contribution in [2.75, 3.05) is 20.3 Å². The summed E-state index contributed by atoms with van der Waals surface area (Å²) >= 11 is 1.38. The van der Waals surface area contributed by atoms with Crippen LogP contribution >= 0.6 is 11.3 Å². The van der Waals surface area contributed by atoms with E-state index in [0.717, 1.165) is 10.4 Å². The van der Waals surface area contributed by atoms with Crippen molar-refractivity contribution in [3.63, 3.8) is 0 Å². The summed E-state index contributed by atoms with van der Waals surface area (Å²) in [5, 5.41) is 2.76. The number of ether oxygens (including phenoxy) is 1. The molecule has 0 aliphatic rings. The number of methoxy groups -OCH3 is 1. The van der Waals surface area contributed by atoms with Crippen LogP contribution in [0.4, 0.5) is 0 Å². The van der Waals surface area contributed by atoms with Gasteiger partial charge in [-0.25, -0.2) is 0 Å². The normalized spacial score (nSPS) is 10.4. The number of thiophene rings is 1. The van der Waals surface area contributed by atoms with Crippen molar-refractivity contribution in [2.45, 2.75) is 0 Å². The number of pyridine rings is 1. The van der Waals surface area contributed by atoms with Gasteiger partial charge >= 0.3 is 0 Å². The van der Waals surface area contributed by atoms with Gasteiger partial charge in [0.05, 0.1) is 11.5 Å². The van der Waals surface area contributed by atoms with E-state index in [1.165, 1.54) is 17.4 Å². The highest BCUT2D eigenvalue weighted by Crippen LogP contribution is 2.26. The standard InChI is InChI=1S/C13H14N2O3S/c1-18-7-6-14-13(17)11-4-3-10(19-11)9-2-5-12(16)15-8-9/h2-5,8H,6-7H2,1H3,(H,14,17)(H,15,16). The van der Waals surface area contributed by atoms with Crippen LogP contribution in [0.3, 0.4) is 0 Å². The first-order valence-corrected chi connectivity index (χ1v) is 6.58. The summed E-state index contributed by atoms with van der Waals surface area (Å²) in [4.78, 5) is 27.0. The van der Waals surface area contributed by atoms with Crippen LogP contribution in [0, 0.1) is 0 Å². The third kappa shape index (κ3) is 3.52. The Morgan fingerprint density at radius 3 is 2.89 bits per heavy atom. The summed E-state index contributed by atoms with van der Waals surface area (Å²) in [5.74, 6) is -0.113. The molecule has 0 atom stereocenters. The van der Waals surface area contributed by atoms with Crippen LogP contribution in [0.5, 0.6) is 0 Å². The van der Waals surface area contributed by atoms with Gasteiger partial charge in [-0.2, -0.15) is 0 Å². The Kier molecular flexibility index (Phi) is 4.48. The molecular formula is C13H14N2O3S. The lowest BCUT2D eigenvalue weighted by atomic mass is 10.2. The number of hydrogen-bond donors (Lipinski definition) is 2. The lowest BCUT2D eigenvalue weighted by Gasteiger charge is -2.01. The Morgan fingerprint density at radius 1 is 1.37 bits per heavy atom. The minimum Gasteiger partial charge on any atom is -0.383 e. The summed E-state index contributed by atoms with van der Waals surface area (Å²) < 4.78 is 4.87. The van der Waals surface area contributed by atoms with E-state index in [1.54, 1.807) is 25.4 Å². The number of carbonyl (C=O) groups excluding carboxylic acids is 1. The Morgan fingerprint density at radius 2 is 2.21 bits per heavy atom. The van der Waals surface area contributed by atoms with Crippen molar-refractivity contribution in [1.29, 1.82) is 0 Å². The van der Waals surface area contributed by atoms with E-state index in [4.69, 9.17) is 4.74 Å². The SMILES string of the molecule is COCCNC(=O)c1ccc(-c2ccc(=O)[nH]c2)s1. The molecule has 2 aromatic rings. The molecule has 0 bridgehead atoms. The molecule has 0 aliphatic heterocycles. The van der Waals surface area contributed by atoms with Gasteiger partial charge < -0.3 is 15.0 Å². The van der Waals surface area contributed by atoms with Crippen LogP contribution < -0.4 is 10.9 Å². The second kappa shape index (κ2) is 6.31. The molecule has 100 valence electrons. The van der Waals surface area contributed by atoms with Crippen LogP contribution in [0.2, 0.25) is 0 Å². The minimum absolute atomic E-state index is 0.113. The Hall–Kier alpha value is -1.92. The first-order chi connectivity index (χ1) is 9.20. The highest BCUT2D eigenvalue weighted by Gasteiger charge is 2.09. The predicted molar refractivity (Wildman–Crippen MR) is 74.6 cm³/mol. The quantitative estimate of drug-likeness (QED) is 0.814. The van der Waals surface area contributed by atoms with Crippen molar-refractivity contribution >= 4 is 17.2 Å². The molecule has 2 heterocycles. The molecule has 0 saturated carbocycles. The zero-order chi connectivity index (χ0) is 13.7. The number of aromatic amines is 1. The number of amides is 1. The summed E-state index contributed by atoms with van der Waals surface area (Å²) in [6, 6.07) is 6.83. The second-order valence-electron chi connectivity index (χ2n) is 3.85. The van der Waals surface area contributed by atoms with E-state index < -0.39 is 0 Å². The van der Waals surface area contributed by atoms with Crippen LogP contribution in [0.25, 0.3) is 10.4 Å². The minimum atomic E-state index is -0.141. The maximum Gasteiger partial charge on any atom is 0.261 e. The third-order valence-corrected chi connectivity index (χ3v) is 3.62. The average Bonchev–Trinajstić information content (AvgIpc) is 2.89. The number of carbonyl (C=O) groups is 1. The number of hydrogen-bond acceptors (Lipinski definition) is 4. The van der Waals surface area contributed by atoms with Gasteiger partial charge in [0.1, 0.15) is 0 Å². The highest BCUT2D eigenvalue weighted by atomic mass is 32.1. The second-order valence-corrected chi connectivity index (χ2v) is 4.94. The van der Waals surface area contributed by atoms with Gasteiger partial charge in [-0.05, 0) is 18.2 Å². The van der Waals surface area contributed by atoms with E-state index in [1.807, 2.05) is 6.07 Å². The fraction of sp³-hybridized carbons (Fsp3) is 0.231. The van der Waals surface area contributed by atoms with Crippen molar-refractivity contribution < 1.29 is 9.53 Å². The molecule has 0 aliphatic carbocycles. The fourth-order valence-corrected chi connectivity index (χ4v) is 2.45. The van der Waals surface area contributed by atoms with Crippen LogP contribution in [0.1, 0.15) is 9.67 Å². The molecule has 5 nitrogen and oxygen atoms in total. The van der Waals surface area contributed by atoms with Crippen molar-refractivity contribution in [1.82, 2.24) is 10.3 Å². The highest BCUT2D eigenvalue weighted by molar-refractivity contribution is 7.17. The van der Waals surface area contributed by atoms with Crippen LogP contribution in [0.15, 0.2) is 35.3 Å². The molecule has 0 fully saturated rings. The van der Waals surface area contributed by atoms with Crippen LogP contribution in [-0.2, 0) is 4.74 Å². The van der Waals surface area contributed by atoms with Gasteiger partial charge in [-0.3, -0.25) is 9.59 Å². The van der Waals surface area contributed by atoms with Gasteiger partial charge in [0.25, 0.3) is 5.91 Å². The summed E-state index contributed by atoms with van der Waals surface area (Å²) in [6.07, 6.45) is 1.64. The van der Waals surface area contributed by atoms with Gasteiger partial charge in [-0.1, -0.05) is 0 Å². The average molecular weight is 278 g/mol. The van der Waals surface area contributed by atoms with E-state index in [9.17, 15) is 9.59 Å². The molecule has 2 rings (SSSR count). The molecule has 0 spiro atoms. The largest absolute Gasteiger partial charge is 0.383 e. The molecule has 1 amide bonds. The van der Waals surface area contributed by atoms with Gasteiger partial charge in [0.2, 0.25) is 5.56 Å². The first kappa shape index (κ1) is 13.5. The van der Waals surface area contributed by atoms with Gasteiger partial charge in [0, 0.05) is 36.4 Å². The smallest absolute Gasteiger partial charge is 0.261 e. The fourth-order valence-electron chi connectivity index (χ4n) is 1.53. The zero-order valence-electron chi connectivity index (χ0n) is 10.4. The lowest BCUT2D eigenvalue weighted by Crippen LogP contribution is -2.26. The van der Waals surface area contributed by atoms with E-state index >= 15 is 0 Å². The first-order valence-electron chi connectivity index (χ1n) is 5.77. The number of aromatic nitrogens is 1. The molecule has 2 N–H and O–H groups in total. The molecule has 0 aromatic carbocycles. The predicted octanol–water partition coefficient (Wildman–Crippen LogP) is 1.48. The molecular weight excluding hydrogens is 264 g/mol. The molecule has 2 aromatic heterocycles. The maximum atomic E-state index is 11.8. The van der Waals surface area contributed by atoms with Crippen LogP contribution in [-0.4, -0.2) is 31.2 Å². The maximum absolute atomic E-state index is 11.8. The Bertz CT molecular complexity index is 598. The summed E-state index contributed by atoms with van der Waals surface area (Å²) in [5.41, 5.74) is 0.748. The Balaban J connectivity index is 2.08. The van der Waals surface area contributed by atoms with E-state index in [2.05, 4.69) is 10.3 Å². The molecule has 6 heteroatoms. The van der Waals surface area contributed by atoms with Crippen molar-refractivity contribution in [3.05, 3.63) is 45.7 Å². The number of rotatable bonds is 5. The Labute approximate surface area is 114 Å². The monoisotopic (exact) mass is 278 g/mol. The molecule has 0 radical (unpaired) electrons. The number of nitrogens with one attached hydrogen (secondary N) is 2. The molecule has 19 heavy (non-hydrogen) atoms. The molecule has 0 saturated heterocycles. The van der Waals surface area contributed by atoms with Crippen molar-refractivity contribution in [3.8, 4) is 10.4 Å². The molecule has 0 unspecified atom stereocenters. The lowest BCUT2D eigenvalue weighted by molar-refractivity contribution is 0.0941. The third-order valence-electron chi connectivity index (χ3n) is 2.49. The topological polar surface area (TPSA) is 71.2 Å². The van der Waals surface area contributed by atoms with Gasteiger partial charge in [0.15, 0.2) is 0 Å². The van der Waals surface area contributed by atoms with Gasteiger partial charge in [-0.15, -0.1) is 11.3 Å². The van der Waals surface area contributed by atoms with Crippen molar-refractivity contribution in [2.24, 2.45) is 0 Å². The number of H-pyrrole nitrogens is 1. The summed E-state index contributed by atoms with van der Waals surface area (Å²) in [6.45, 7) is 0.977. The summed E-state index contributed by atoms with van der Waals surface area (Å²) in [7, 11) is 1.59. The van der Waals surface area contributed by atoms with E-state index in [0.29, 0.717) is 18.0 Å². The van der Waals surface area contributed by atoms with E-state index in [-0.39, 0.29) is 11.5 Å².